The van der Waals surface area contributed by atoms with E-state index in [0.717, 1.165) is 30.8 Å². The molecule has 4 rings (SSSR count). The van der Waals surface area contributed by atoms with Crippen molar-refractivity contribution in [3.05, 3.63) is 12.2 Å². The Hall–Kier alpha value is -0.790. The van der Waals surface area contributed by atoms with Crippen molar-refractivity contribution in [3.63, 3.8) is 0 Å². The van der Waals surface area contributed by atoms with Gasteiger partial charge >= 0.3 is 0 Å². The molecule has 0 aliphatic heterocycles. The predicted octanol–water partition coefficient (Wildman–Crippen LogP) is 4.02. The molecular formula is C18H29NO. The van der Waals surface area contributed by atoms with Crippen LogP contribution in [-0.4, -0.2) is 24.4 Å². The quantitative estimate of drug-likeness (QED) is 0.712. The lowest BCUT2D eigenvalue weighted by Gasteiger charge is -2.65. The maximum atomic E-state index is 13.1. The second-order valence-electron chi connectivity index (χ2n) is 9.03. The smallest absolute Gasteiger partial charge is 0.228 e. The van der Waals surface area contributed by atoms with E-state index in [1.54, 1.807) is 0 Å². The van der Waals surface area contributed by atoms with Crippen LogP contribution in [-0.2, 0) is 4.79 Å². The number of carbonyl (C=O) groups excluding carboxylic acids is 1. The molecule has 112 valence electrons. The first kappa shape index (κ1) is 14.2. The Kier molecular flexibility index (Phi) is 2.91. The van der Waals surface area contributed by atoms with Crippen LogP contribution in [0, 0.1) is 22.2 Å². The van der Waals surface area contributed by atoms with Crippen molar-refractivity contribution >= 4 is 5.91 Å². The van der Waals surface area contributed by atoms with Crippen LogP contribution in [0.25, 0.3) is 0 Å². The molecule has 0 aromatic carbocycles. The molecule has 4 saturated carbocycles. The Bertz CT molecular complexity index is 448. The molecule has 0 N–H and O–H groups in total. The highest BCUT2D eigenvalue weighted by Gasteiger charge is 2.63. The van der Waals surface area contributed by atoms with Crippen molar-refractivity contribution in [3.8, 4) is 0 Å². The molecule has 0 aromatic heterocycles. The summed E-state index contributed by atoms with van der Waals surface area (Å²) in [5.74, 6) is 1.17. The summed E-state index contributed by atoms with van der Waals surface area (Å²) in [7, 11) is 1.96. The lowest BCUT2D eigenvalue weighted by molar-refractivity contribution is -0.178. The van der Waals surface area contributed by atoms with Crippen molar-refractivity contribution in [1.82, 2.24) is 4.90 Å². The number of hydrogen-bond acceptors (Lipinski definition) is 1. The fourth-order valence-corrected chi connectivity index (χ4v) is 6.57. The Labute approximate surface area is 123 Å². The summed E-state index contributed by atoms with van der Waals surface area (Å²) >= 11 is 0. The van der Waals surface area contributed by atoms with Gasteiger partial charge < -0.3 is 4.90 Å². The van der Waals surface area contributed by atoms with Crippen molar-refractivity contribution in [2.24, 2.45) is 22.2 Å². The van der Waals surface area contributed by atoms with Gasteiger partial charge in [0.1, 0.15) is 0 Å². The number of nitrogens with zero attached hydrogens (tertiary/aromatic N) is 1. The lowest BCUT2D eigenvalue weighted by atomic mass is 9.40. The summed E-state index contributed by atoms with van der Waals surface area (Å²) in [6.07, 6.45) is 7.40. The fraction of sp³-hybridized carbons (Fsp3) is 0.833. The van der Waals surface area contributed by atoms with Gasteiger partial charge in [-0.15, -0.1) is 0 Å². The van der Waals surface area contributed by atoms with Crippen LogP contribution in [0.15, 0.2) is 12.2 Å². The van der Waals surface area contributed by atoms with E-state index in [2.05, 4.69) is 20.4 Å². The average molecular weight is 275 g/mol. The van der Waals surface area contributed by atoms with Gasteiger partial charge in [-0.3, -0.25) is 4.79 Å². The van der Waals surface area contributed by atoms with Crippen molar-refractivity contribution in [1.29, 1.82) is 0 Å². The van der Waals surface area contributed by atoms with Crippen LogP contribution in [0.3, 0.4) is 0 Å². The Morgan fingerprint density at radius 1 is 1.15 bits per heavy atom. The second kappa shape index (κ2) is 4.11. The monoisotopic (exact) mass is 275 g/mol. The van der Waals surface area contributed by atoms with E-state index < -0.39 is 0 Å². The van der Waals surface area contributed by atoms with Crippen LogP contribution >= 0.6 is 0 Å². The van der Waals surface area contributed by atoms with E-state index >= 15 is 0 Å². The molecule has 4 fully saturated rings. The maximum Gasteiger partial charge on any atom is 0.228 e. The normalized spacial score (nSPS) is 45.5. The Morgan fingerprint density at radius 2 is 1.70 bits per heavy atom. The molecule has 2 unspecified atom stereocenters. The molecule has 2 nitrogen and oxygen atoms in total. The molecule has 20 heavy (non-hydrogen) atoms. The average Bonchev–Trinajstić information content (AvgIpc) is 2.21. The molecule has 4 atom stereocenters. The maximum absolute atomic E-state index is 13.1. The topological polar surface area (TPSA) is 20.3 Å². The first-order valence-corrected chi connectivity index (χ1v) is 8.06. The van der Waals surface area contributed by atoms with Gasteiger partial charge in [-0.2, -0.15) is 0 Å². The summed E-state index contributed by atoms with van der Waals surface area (Å²) in [6, 6.07) is 0. The van der Waals surface area contributed by atoms with Crippen LogP contribution < -0.4 is 0 Å². The van der Waals surface area contributed by atoms with Gasteiger partial charge in [0.05, 0.1) is 5.41 Å². The number of amides is 1. The second-order valence-corrected chi connectivity index (χ2v) is 9.03. The largest absolute Gasteiger partial charge is 0.341 e. The fourth-order valence-electron chi connectivity index (χ4n) is 6.57. The molecular weight excluding hydrogens is 246 g/mol. The summed E-state index contributed by atoms with van der Waals surface area (Å²) in [5.41, 5.74) is 1.83. The summed E-state index contributed by atoms with van der Waals surface area (Å²) in [6.45, 7) is 11.5. The van der Waals surface area contributed by atoms with Gasteiger partial charge in [-0.25, -0.2) is 0 Å². The molecule has 0 radical (unpaired) electrons. The minimum Gasteiger partial charge on any atom is -0.341 e. The minimum absolute atomic E-state index is 0.0624. The van der Waals surface area contributed by atoms with E-state index in [0.29, 0.717) is 23.3 Å². The highest BCUT2D eigenvalue weighted by Crippen LogP contribution is 2.69. The van der Waals surface area contributed by atoms with E-state index in [1.165, 1.54) is 19.3 Å². The number of carbonyl (C=O) groups is 1. The first-order valence-electron chi connectivity index (χ1n) is 8.06. The Morgan fingerprint density at radius 3 is 2.15 bits per heavy atom. The lowest BCUT2D eigenvalue weighted by Crippen LogP contribution is -2.60. The molecule has 4 bridgehead atoms. The Balaban J connectivity index is 1.89. The van der Waals surface area contributed by atoms with Gasteiger partial charge in [-0.1, -0.05) is 26.0 Å². The van der Waals surface area contributed by atoms with E-state index in [1.807, 2.05) is 18.9 Å². The van der Waals surface area contributed by atoms with Gasteiger partial charge in [0.2, 0.25) is 5.91 Å². The SMILES string of the molecule is C=C(C)CN(C)C(=O)C12CC3C[C@@](C)(C1)C[C@](C)(C3)C2. The standard InChI is InChI=1S/C18H29NO/c1-13(2)9-19(5)15(20)18-8-14-6-16(3,11-18)10-17(4,7-14)12-18/h14H,1,6-12H2,2-5H3/t14?,16-,17+,18?. The molecule has 4 aliphatic carbocycles. The van der Waals surface area contributed by atoms with E-state index in [-0.39, 0.29) is 5.41 Å². The van der Waals surface area contributed by atoms with Gasteiger partial charge in [0.15, 0.2) is 0 Å². The summed E-state index contributed by atoms with van der Waals surface area (Å²) in [5, 5.41) is 0. The molecule has 0 spiro atoms. The summed E-state index contributed by atoms with van der Waals surface area (Å²) < 4.78 is 0. The molecule has 1 amide bonds. The van der Waals surface area contributed by atoms with Crippen molar-refractivity contribution in [2.75, 3.05) is 13.6 Å². The molecule has 0 aromatic rings. The van der Waals surface area contributed by atoms with E-state index in [4.69, 9.17) is 0 Å². The van der Waals surface area contributed by atoms with Gasteiger partial charge in [0.25, 0.3) is 0 Å². The van der Waals surface area contributed by atoms with Gasteiger partial charge in [0, 0.05) is 13.6 Å². The van der Waals surface area contributed by atoms with Crippen molar-refractivity contribution < 1.29 is 4.79 Å². The zero-order valence-corrected chi connectivity index (χ0v) is 13.6. The zero-order chi connectivity index (χ0) is 14.8. The molecule has 0 heterocycles. The van der Waals surface area contributed by atoms with Crippen molar-refractivity contribution in [2.45, 2.75) is 59.3 Å². The van der Waals surface area contributed by atoms with Crippen LogP contribution in [0.4, 0.5) is 0 Å². The van der Waals surface area contributed by atoms with Crippen LogP contribution in [0.1, 0.15) is 59.3 Å². The number of hydrogen-bond donors (Lipinski definition) is 0. The molecule has 4 aliphatic rings. The number of likely N-dealkylation sites (N-methyl/N-ethyl adjacent to an activating group) is 1. The predicted molar refractivity (Wildman–Crippen MR) is 82.3 cm³/mol. The zero-order valence-electron chi connectivity index (χ0n) is 13.6. The summed E-state index contributed by atoms with van der Waals surface area (Å²) in [4.78, 5) is 15.0. The van der Waals surface area contributed by atoms with Gasteiger partial charge in [-0.05, 0) is 62.2 Å². The molecule has 2 heteroatoms. The van der Waals surface area contributed by atoms with E-state index in [9.17, 15) is 4.79 Å². The first-order chi connectivity index (χ1) is 9.15. The highest BCUT2D eigenvalue weighted by atomic mass is 16.2. The molecule has 0 saturated heterocycles. The highest BCUT2D eigenvalue weighted by molar-refractivity contribution is 5.83. The third kappa shape index (κ3) is 2.12. The minimum atomic E-state index is -0.0624. The number of rotatable bonds is 3. The van der Waals surface area contributed by atoms with Crippen LogP contribution in [0.2, 0.25) is 0 Å². The van der Waals surface area contributed by atoms with Crippen LogP contribution in [0.5, 0.6) is 0 Å². The third-order valence-electron chi connectivity index (χ3n) is 5.93. The third-order valence-corrected chi connectivity index (χ3v) is 5.93.